The van der Waals surface area contributed by atoms with Gasteiger partial charge in [0.25, 0.3) is 5.91 Å². The molecule has 110 valence electrons. The van der Waals surface area contributed by atoms with Crippen molar-refractivity contribution in [2.45, 2.75) is 6.54 Å². The zero-order chi connectivity index (χ0) is 14.9. The molecule has 0 N–H and O–H groups in total. The molecule has 0 spiro atoms. The summed E-state index contributed by atoms with van der Waals surface area (Å²) in [5, 5.41) is 0. The van der Waals surface area contributed by atoms with Gasteiger partial charge in [-0.1, -0.05) is 0 Å². The molecule has 0 radical (unpaired) electrons. The van der Waals surface area contributed by atoms with Gasteiger partial charge in [-0.25, -0.2) is 0 Å². The highest BCUT2D eigenvalue weighted by molar-refractivity contribution is 9.10. The van der Waals surface area contributed by atoms with Gasteiger partial charge < -0.3 is 19.3 Å². The fourth-order valence-corrected chi connectivity index (χ4v) is 2.96. The van der Waals surface area contributed by atoms with Gasteiger partial charge in [0.15, 0.2) is 11.5 Å². The highest BCUT2D eigenvalue weighted by atomic mass is 79.9. The number of rotatable bonds is 5. The van der Waals surface area contributed by atoms with E-state index in [1.54, 1.807) is 20.3 Å². The van der Waals surface area contributed by atoms with Crippen LogP contribution in [0.4, 0.5) is 0 Å². The van der Waals surface area contributed by atoms with Crippen molar-refractivity contribution < 1.29 is 14.3 Å². The Hall–Kier alpha value is -1.27. The summed E-state index contributed by atoms with van der Waals surface area (Å²) in [6, 6.07) is 1.76. The van der Waals surface area contributed by atoms with Crippen LogP contribution in [0.3, 0.4) is 0 Å². The first kappa shape index (κ1) is 15.1. The van der Waals surface area contributed by atoms with Crippen LogP contribution in [-0.4, -0.2) is 57.1 Å². The molecule has 0 fully saturated rings. The topological polar surface area (TPSA) is 42.0 Å². The van der Waals surface area contributed by atoms with E-state index in [2.05, 4.69) is 20.8 Å². The van der Waals surface area contributed by atoms with Crippen LogP contribution in [0.15, 0.2) is 10.5 Å². The Balaban J connectivity index is 2.33. The number of amides is 1. The lowest BCUT2D eigenvalue weighted by molar-refractivity contribution is 0.0768. The lowest BCUT2D eigenvalue weighted by atomic mass is 10.1. The minimum Gasteiger partial charge on any atom is -0.493 e. The van der Waals surface area contributed by atoms with E-state index in [1.165, 1.54) is 0 Å². The maximum Gasteiger partial charge on any atom is 0.254 e. The van der Waals surface area contributed by atoms with Crippen LogP contribution in [0.1, 0.15) is 15.9 Å². The molecule has 1 aliphatic rings. The predicted molar refractivity (Wildman–Crippen MR) is 80.5 cm³/mol. The first-order valence-corrected chi connectivity index (χ1v) is 7.16. The number of hydrogen-bond acceptors (Lipinski definition) is 4. The van der Waals surface area contributed by atoms with Crippen molar-refractivity contribution in [2.24, 2.45) is 0 Å². The summed E-state index contributed by atoms with van der Waals surface area (Å²) >= 11 is 3.52. The van der Waals surface area contributed by atoms with E-state index in [0.717, 1.165) is 16.6 Å². The van der Waals surface area contributed by atoms with Crippen LogP contribution < -0.4 is 9.47 Å². The summed E-state index contributed by atoms with van der Waals surface area (Å²) in [5.74, 6) is 1.25. The molecule has 1 amide bonds. The first-order chi connectivity index (χ1) is 9.49. The van der Waals surface area contributed by atoms with Gasteiger partial charge in [0.1, 0.15) is 0 Å². The van der Waals surface area contributed by atoms with E-state index in [-0.39, 0.29) is 5.91 Å². The number of carbonyl (C=O) groups excluding carboxylic acids is 1. The number of ether oxygens (including phenoxy) is 2. The van der Waals surface area contributed by atoms with Gasteiger partial charge in [-0.15, -0.1) is 0 Å². The number of fused-ring (bicyclic) bond motifs is 1. The molecule has 0 aromatic heterocycles. The Morgan fingerprint density at radius 3 is 2.60 bits per heavy atom. The molecule has 1 aromatic carbocycles. The normalized spacial score (nSPS) is 13.9. The third-order valence-corrected chi connectivity index (χ3v) is 4.24. The maximum absolute atomic E-state index is 12.4. The van der Waals surface area contributed by atoms with Crippen molar-refractivity contribution in [3.8, 4) is 11.5 Å². The molecule has 20 heavy (non-hydrogen) atoms. The van der Waals surface area contributed by atoms with Crippen LogP contribution in [0.2, 0.25) is 0 Å². The van der Waals surface area contributed by atoms with E-state index in [9.17, 15) is 4.79 Å². The summed E-state index contributed by atoms with van der Waals surface area (Å²) in [6.07, 6.45) is 0. The van der Waals surface area contributed by atoms with Crippen molar-refractivity contribution >= 4 is 21.8 Å². The number of benzene rings is 1. The van der Waals surface area contributed by atoms with Crippen molar-refractivity contribution in [3.05, 3.63) is 21.7 Å². The number of methoxy groups -OCH3 is 2. The number of hydrogen-bond donors (Lipinski definition) is 0. The van der Waals surface area contributed by atoms with Gasteiger partial charge in [-0.3, -0.25) is 4.79 Å². The Labute approximate surface area is 127 Å². The van der Waals surface area contributed by atoms with Gasteiger partial charge in [-0.05, 0) is 36.1 Å². The van der Waals surface area contributed by atoms with E-state index in [0.29, 0.717) is 30.2 Å². The molecule has 0 unspecified atom stereocenters. The molecule has 1 heterocycles. The Kier molecular flexibility index (Phi) is 4.55. The Morgan fingerprint density at radius 2 is 2.05 bits per heavy atom. The standard InChI is InChI=1S/C14H19BrN2O3/c1-16(2)5-6-17-8-10-9(14(17)18)7-11(19-3)13(20-4)12(10)15/h7H,5-6,8H2,1-4H3. The summed E-state index contributed by atoms with van der Waals surface area (Å²) in [5.41, 5.74) is 1.65. The second-order valence-corrected chi connectivity index (χ2v) is 5.78. The molecule has 0 atom stereocenters. The summed E-state index contributed by atoms with van der Waals surface area (Å²) in [6.45, 7) is 2.14. The summed E-state index contributed by atoms with van der Waals surface area (Å²) in [4.78, 5) is 16.3. The van der Waals surface area contributed by atoms with Crippen LogP contribution in [0.5, 0.6) is 11.5 Å². The number of nitrogens with zero attached hydrogens (tertiary/aromatic N) is 2. The minimum absolute atomic E-state index is 0.0449. The quantitative estimate of drug-likeness (QED) is 0.820. The minimum atomic E-state index is 0.0449. The SMILES string of the molecule is COc1cc2c(c(Br)c1OC)CN(CCN(C)C)C2=O. The smallest absolute Gasteiger partial charge is 0.254 e. The predicted octanol–water partition coefficient (Wildman–Crippen LogP) is 1.98. The summed E-state index contributed by atoms with van der Waals surface area (Å²) < 4.78 is 11.4. The third-order valence-electron chi connectivity index (χ3n) is 3.40. The zero-order valence-corrected chi connectivity index (χ0v) is 13.8. The van der Waals surface area contributed by atoms with E-state index in [4.69, 9.17) is 9.47 Å². The van der Waals surface area contributed by atoms with Gasteiger partial charge >= 0.3 is 0 Å². The number of halogens is 1. The van der Waals surface area contributed by atoms with Crippen LogP contribution >= 0.6 is 15.9 Å². The highest BCUT2D eigenvalue weighted by Crippen LogP contribution is 2.42. The van der Waals surface area contributed by atoms with Crippen LogP contribution in [-0.2, 0) is 6.54 Å². The molecule has 1 aromatic rings. The van der Waals surface area contributed by atoms with Crippen molar-refractivity contribution in [1.29, 1.82) is 0 Å². The molecule has 5 nitrogen and oxygen atoms in total. The van der Waals surface area contributed by atoms with Gasteiger partial charge in [0, 0.05) is 30.8 Å². The molecule has 0 saturated carbocycles. The van der Waals surface area contributed by atoms with E-state index < -0.39 is 0 Å². The number of likely N-dealkylation sites (N-methyl/N-ethyl adjacent to an activating group) is 1. The molecular weight excluding hydrogens is 324 g/mol. The summed E-state index contributed by atoms with van der Waals surface area (Å²) in [7, 11) is 7.15. The lowest BCUT2D eigenvalue weighted by Gasteiger charge is -2.18. The third kappa shape index (κ3) is 2.62. The largest absolute Gasteiger partial charge is 0.493 e. The average Bonchev–Trinajstić information content (AvgIpc) is 2.73. The van der Waals surface area contributed by atoms with Crippen molar-refractivity contribution in [2.75, 3.05) is 41.4 Å². The molecule has 0 aliphatic carbocycles. The lowest BCUT2D eigenvalue weighted by Crippen LogP contribution is -2.31. The Morgan fingerprint density at radius 1 is 1.35 bits per heavy atom. The van der Waals surface area contributed by atoms with Crippen molar-refractivity contribution in [1.82, 2.24) is 9.80 Å². The monoisotopic (exact) mass is 342 g/mol. The first-order valence-electron chi connectivity index (χ1n) is 6.37. The maximum atomic E-state index is 12.4. The van der Waals surface area contributed by atoms with E-state index >= 15 is 0 Å². The highest BCUT2D eigenvalue weighted by Gasteiger charge is 2.32. The fourth-order valence-electron chi connectivity index (χ4n) is 2.27. The molecule has 6 heteroatoms. The fraction of sp³-hybridized carbons (Fsp3) is 0.500. The van der Waals surface area contributed by atoms with Crippen molar-refractivity contribution in [3.63, 3.8) is 0 Å². The molecule has 0 bridgehead atoms. The van der Waals surface area contributed by atoms with Gasteiger partial charge in [-0.2, -0.15) is 0 Å². The van der Waals surface area contributed by atoms with Crippen LogP contribution in [0.25, 0.3) is 0 Å². The molecular formula is C14H19BrN2O3. The second kappa shape index (κ2) is 6.01. The second-order valence-electron chi connectivity index (χ2n) is 4.98. The van der Waals surface area contributed by atoms with Gasteiger partial charge in [0.05, 0.1) is 18.7 Å². The zero-order valence-electron chi connectivity index (χ0n) is 12.2. The molecule has 2 rings (SSSR count). The molecule has 0 saturated heterocycles. The molecule has 1 aliphatic heterocycles. The number of carbonyl (C=O) groups is 1. The van der Waals surface area contributed by atoms with E-state index in [1.807, 2.05) is 19.0 Å². The Bertz CT molecular complexity index is 532. The van der Waals surface area contributed by atoms with Gasteiger partial charge in [0.2, 0.25) is 0 Å². The average molecular weight is 343 g/mol. The van der Waals surface area contributed by atoms with Crippen LogP contribution in [0, 0.1) is 0 Å².